The molecule has 0 aliphatic carbocycles. The summed E-state index contributed by atoms with van der Waals surface area (Å²) >= 11 is 3.28. The average Bonchev–Trinajstić information content (AvgIpc) is 3.17. The minimum Gasteiger partial charge on any atom is -0.390 e. The third-order valence-corrected chi connectivity index (χ3v) is 4.81. The molecule has 7 heteroatoms. The van der Waals surface area contributed by atoms with Gasteiger partial charge in [0.05, 0.1) is 6.54 Å². The van der Waals surface area contributed by atoms with Crippen LogP contribution >= 0.6 is 15.9 Å². The number of rotatable bonds is 8. The first kappa shape index (κ1) is 20.8. The molecule has 1 heterocycles. The van der Waals surface area contributed by atoms with Crippen molar-refractivity contribution in [1.29, 1.82) is 0 Å². The van der Waals surface area contributed by atoms with Crippen LogP contribution in [-0.2, 0) is 20.8 Å². The van der Waals surface area contributed by atoms with E-state index in [1.54, 1.807) is 6.08 Å². The Morgan fingerprint density at radius 2 is 1.83 bits per heavy atom. The second-order valence-electron chi connectivity index (χ2n) is 6.64. The van der Waals surface area contributed by atoms with Crippen molar-refractivity contribution in [3.8, 4) is 0 Å². The molecule has 0 bridgehead atoms. The van der Waals surface area contributed by atoms with Gasteiger partial charge in [-0.1, -0.05) is 65.8 Å². The van der Waals surface area contributed by atoms with Gasteiger partial charge < -0.3 is 15.5 Å². The van der Waals surface area contributed by atoms with E-state index in [0.29, 0.717) is 19.4 Å². The van der Waals surface area contributed by atoms with E-state index in [9.17, 15) is 9.59 Å². The third kappa shape index (κ3) is 6.87. The SMILES string of the molecule is O=C(C=Cc1ccccc1)N[C@@H](Cc1ccccc1)C(=O)NCC1CC(Br)=NO1. The molecule has 0 aromatic heterocycles. The highest BCUT2D eigenvalue weighted by Gasteiger charge is 2.24. The van der Waals surface area contributed by atoms with E-state index >= 15 is 0 Å². The lowest BCUT2D eigenvalue weighted by Crippen LogP contribution is -2.49. The van der Waals surface area contributed by atoms with Gasteiger partial charge in [-0.25, -0.2) is 0 Å². The second-order valence-corrected chi connectivity index (χ2v) is 7.55. The molecule has 3 rings (SSSR count). The van der Waals surface area contributed by atoms with Crippen LogP contribution in [0.3, 0.4) is 0 Å². The zero-order chi connectivity index (χ0) is 20.5. The highest BCUT2D eigenvalue weighted by atomic mass is 79.9. The number of carbonyl (C=O) groups excluding carboxylic acids is 2. The molecule has 0 saturated carbocycles. The molecule has 0 spiro atoms. The van der Waals surface area contributed by atoms with Crippen molar-refractivity contribution in [3.05, 3.63) is 77.9 Å². The second kappa shape index (κ2) is 10.6. The highest BCUT2D eigenvalue weighted by molar-refractivity contribution is 9.18. The molecule has 1 aliphatic rings. The lowest BCUT2D eigenvalue weighted by atomic mass is 10.0. The number of hydrogen-bond acceptors (Lipinski definition) is 4. The van der Waals surface area contributed by atoms with E-state index in [1.807, 2.05) is 60.7 Å². The summed E-state index contributed by atoms with van der Waals surface area (Å²) in [6, 6.07) is 18.4. The van der Waals surface area contributed by atoms with Crippen LogP contribution in [0.25, 0.3) is 6.08 Å². The monoisotopic (exact) mass is 455 g/mol. The zero-order valence-electron chi connectivity index (χ0n) is 15.8. The van der Waals surface area contributed by atoms with Crippen LogP contribution < -0.4 is 10.6 Å². The normalized spacial score (nSPS) is 16.7. The Hall–Kier alpha value is -2.93. The van der Waals surface area contributed by atoms with Crippen molar-refractivity contribution in [1.82, 2.24) is 10.6 Å². The first-order chi connectivity index (χ1) is 14.1. The topological polar surface area (TPSA) is 79.8 Å². The smallest absolute Gasteiger partial charge is 0.244 e. The van der Waals surface area contributed by atoms with E-state index in [-0.39, 0.29) is 17.9 Å². The highest BCUT2D eigenvalue weighted by Crippen LogP contribution is 2.13. The van der Waals surface area contributed by atoms with Crippen LogP contribution in [-0.4, -0.2) is 35.1 Å². The van der Waals surface area contributed by atoms with Gasteiger partial charge in [-0.15, -0.1) is 0 Å². The Labute approximate surface area is 178 Å². The quantitative estimate of drug-likeness (QED) is 0.600. The van der Waals surface area contributed by atoms with Gasteiger partial charge in [0, 0.05) is 18.9 Å². The van der Waals surface area contributed by atoms with E-state index in [4.69, 9.17) is 4.84 Å². The summed E-state index contributed by atoms with van der Waals surface area (Å²) in [6.45, 7) is 0.318. The van der Waals surface area contributed by atoms with E-state index in [1.165, 1.54) is 6.08 Å². The molecule has 2 aromatic carbocycles. The zero-order valence-corrected chi connectivity index (χ0v) is 17.3. The number of amides is 2. The number of oxime groups is 1. The summed E-state index contributed by atoms with van der Waals surface area (Å²) in [6.07, 6.45) is 3.94. The number of nitrogens with one attached hydrogen (secondary N) is 2. The molecule has 2 atom stereocenters. The predicted molar refractivity (Wildman–Crippen MR) is 116 cm³/mol. The molecular formula is C22H22BrN3O3. The lowest BCUT2D eigenvalue weighted by molar-refractivity contribution is -0.127. The molecule has 2 amide bonds. The maximum atomic E-state index is 12.7. The van der Waals surface area contributed by atoms with Crippen molar-refractivity contribution in [2.75, 3.05) is 6.54 Å². The van der Waals surface area contributed by atoms with Gasteiger partial charge in [-0.3, -0.25) is 9.59 Å². The Kier molecular flexibility index (Phi) is 7.58. The molecule has 1 aliphatic heterocycles. The van der Waals surface area contributed by atoms with Crippen LogP contribution in [0.15, 0.2) is 71.9 Å². The summed E-state index contributed by atoms with van der Waals surface area (Å²) in [4.78, 5) is 30.3. The minimum absolute atomic E-state index is 0.209. The van der Waals surface area contributed by atoms with E-state index < -0.39 is 6.04 Å². The van der Waals surface area contributed by atoms with Crippen molar-refractivity contribution >= 4 is 38.4 Å². The lowest BCUT2D eigenvalue weighted by Gasteiger charge is -2.19. The maximum absolute atomic E-state index is 12.7. The number of halogens is 1. The van der Waals surface area contributed by atoms with Gasteiger partial charge in [0.15, 0.2) is 6.10 Å². The fourth-order valence-corrected chi connectivity index (χ4v) is 3.30. The first-order valence-electron chi connectivity index (χ1n) is 9.33. The van der Waals surface area contributed by atoms with Gasteiger partial charge in [0.25, 0.3) is 0 Å². The molecule has 0 radical (unpaired) electrons. The summed E-state index contributed by atoms with van der Waals surface area (Å²) < 4.78 is 0.719. The Balaban J connectivity index is 1.61. The summed E-state index contributed by atoms with van der Waals surface area (Å²) in [5.41, 5.74) is 1.87. The van der Waals surface area contributed by atoms with Crippen LogP contribution in [0.1, 0.15) is 17.5 Å². The van der Waals surface area contributed by atoms with Crippen molar-refractivity contribution in [3.63, 3.8) is 0 Å². The molecule has 1 unspecified atom stereocenters. The summed E-state index contributed by atoms with van der Waals surface area (Å²) in [7, 11) is 0. The van der Waals surface area contributed by atoms with Gasteiger partial charge in [0.1, 0.15) is 10.7 Å². The van der Waals surface area contributed by atoms with Gasteiger partial charge in [-0.2, -0.15) is 0 Å². The van der Waals surface area contributed by atoms with Crippen LogP contribution in [0.4, 0.5) is 0 Å². The predicted octanol–water partition coefficient (Wildman–Crippen LogP) is 3.04. The van der Waals surface area contributed by atoms with Crippen LogP contribution in [0.2, 0.25) is 0 Å². The molecule has 6 nitrogen and oxygen atoms in total. The first-order valence-corrected chi connectivity index (χ1v) is 10.1. The molecule has 2 N–H and O–H groups in total. The molecule has 2 aromatic rings. The number of carbonyl (C=O) groups is 2. The van der Waals surface area contributed by atoms with Gasteiger partial charge >= 0.3 is 0 Å². The number of hydrogen-bond donors (Lipinski definition) is 2. The molecular weight excluding hydrogens is 434 g/mol. The Bertz CT molecular complexity index is 885. The van der Waals surface area contributed by atoms with Crippen LogP contribution in [0, 0.1) is 0 Å². The maximum Gasteiger partial charge on any atom is 0.244 e. The van der Waals surface area contributed by atoms with Gasteiger partial charge in [0.2, 0.25) is 11.8 Å². The standard InChI is InChI=1S/C22H22BrN3O3/c23-20-14-18(29-26-20)15-24-22(28)19(13-17-9-5-2-6-10-17)25-21(27)12-11-16-7-3-1-4-8-16/h1-12,18-19H,13-15H2,(H,24,28)(H,25,27)/t18?,19-/m0/s1. The number of nitrogens with zero attached hydrogens (tertiary/aromatic N) is 1. The van der Waals surface area contributed by atoms with Crippen molar-refractivity contribution in [2.24, 2.45) is 5.16 Å². The summed E-state index contributed by atoms with van der Waals surface area (Å²) in [5.74, 6) is -0.588. The Morgan fingerprint density at radius 1 is 1.14 bits per heavy atom. The third-order valence-electron chi connectivity index (χ3n) is 4.34. The van der Waals surface area contributed by atoms with Gasteiger partial charge in [-0.05, 0) is 33.1 Å². The Morgan fingerprint density at radius 3 is 2.48 bits per heavy atom. The average molecular weight is 456 g/mol. The van der Waals surface area contributed by atoms with E-state index in [2.05, 4.69) is 31.7 Å². The van der Waals surface area contributed by atoms with Crippen molar-refractivity contribution < 1.29 is 14.4 Å². The fraction of sp³-hybridized carbons (Fsp3) is 0.227. The van der Waals surface area contributed by atoms with Crippen LogP contribution in [0.5, 0.6) is 0 Å². The fourth-order valence-electron chi connectivity index (χ4n) is 2.86. The summed E-state index contributed by atoms with van der Waals surface area (Å²) in [5, 5.41) is 9.46. The largest absolute Gasteiger partial charge is 0.390 e. The number of benzene rings is 2. The van der Waals surface area contributed by atoms with E-state index in [0.717, 1.165) is 15.7 Å². The minimum atomic E-state index is -0.698. The molecule has 29 heavy (non-hydrogen) atoms. The van der Waals surface area contributed by atoms with Crippen molar-refractivity contribution in [2.45, 2.75) is 25.0 Å². The molecule has 0 saturated heterocycles. The molecule has 150 valence electrons. The molecule has 0 fully saturated rings.